The zero-order valence-electron chi connectivity index (χ0n) is 18.5. The van der Waals surface area contributed by atoms with Crippen LogP contribution in [0.15, 0.2) is 24.4 Å². The number of nitriles is 1. The number of fused-ring (bicyclic) bond motifs is 5. The molecule has 3 aromatic rings. The van der Waals surface area contributed by atoms with Crippen LogP contribution in [0.3, 0.4) is 0 Å². The van der Waals surface area contributed by atoms with Gasteiger partial charge in [0.15, 0.2) is 17.6 Å². The van der Waals surface area contributed by atoms with Crippen molar-refractivity contribution >= 4 is 11.6 Å². The van der Waals surface area contributed by atoms with Gasteiger partial charge in [-0.3, -0.25) is 9.48 Å². The van der Waals surface area contributed by atoms with Crippen LogP contribution in [0.4, 0.5) is 10.2 Å². The first-order valence-corrected chi connectivity index (χ1v) is 10.1. The number of nitrogen functional groups attached to an aromatic ring is 1. The lowest BCUT2D eigenvalue weighted by atomic mass is 9.96. The summed E-state index contributed by atoms with van der Waals surface area (Å²) >= 11 is 0. The smallest absolute Gasteiger partial charge is 0.258 e. The first-order valence-electron chi connectivity index (χ1n) is 10.1. The van der Waals surface area contributed by atoms with Gasteiger partial charge in [-0.15, -0.1) is 5.10 Å². The van der Waals surface area contributed by atoms with Gasteiger partial charge in [-0.05, 0) is 39.2 Å². The maximum Gasteiger partial charge on any atom is 0.258 e. The molecule has 1 aliphatic rings. The molecule has 33 heavy (non-hydrogen) atoms. The van der Waals surface area contributed by atoms with Crippen molar-refractivity contribution in [1.29, 1.82) is 5.26 Å². The van der Waals surface area contributed by atoms with Crippen molar-refractivity contribution in [2.75, 3.05) is 26.4 Å². The summed E-state index contributed by atoms with van der Waals surface area (Å²) in [5.74, 6) is -0.884. The highest BCUT2D eigenvalue weighted by atomic mass is 19.1. The number of nitrogens with zero attached hydrogens (tertiary/aromatic N) is 6. The Hall–Kier alpha value is -4.04. The molecule has 2 N–H and O–H groups in total. The topological polar surface area (TPSA) is 132 Å². The van der Waals surface area contributed by atoms with E-state index in [4.69, 9.17) is 15.2 Å². The largest absolute Gasteiger partial charge is 0.467 e. The number of halogens is 1. The third-order valence-electron chi connectivity index (χ3n) is 5.23. The van der Waals surface area contributed by atoms with Gasteiger partial charge in [0.2, 0.25) is 11.7 Å². The minimum Gasteiger partial charge on any atom is -0.467 e. The number of ketones is 1. The predicted molar refractivity (Wildman–Crippen MR) is 116 cm³/mol. The van der Waals surface area contributed by atoms with E-state index >= 15 is 0 Å². The van der Waals surface area contributed by atoms with Gasteiger partial charge in [0.1, 0.15) is 29.2 Å². The van der Waals surface area contributed by atoms with Crippen molar-refractivity contribution in [3.63, 3.8) is 0 Å². The summed E-state index contributed by atoms with van der Waals surface area (Å²) in [4.78, 5) is 24.0. The monoisotopic (exact) mass is 451 g/mol. The quantitative estimate of drug-likeness (QED) is 0.622. The summed E-state index contributed by atoms with van der Waals surface area (Å²) in [5, 5.41) is 14.0. The zero-order valence-corrected chi connectivity index (χ0v) is 18.5. The second-order valence-corrected chi connectivity index (χ2v) is 7.93. The van der Waals surface area contributed by atoms with E-state index in [1.54, 1.807) is 33.0 Å². The second-order valence-electron chi connectivity index (χ2n) is 7.93. The number of benzene rings is 1. The van der Waals surface area contributed by atoms with Gasteiger partial charge in [0.25, 0.3) is 5.88 Å². The number of aromatic nitrogens is 4. The van der Waals surface area contributed by atoms with Crippen molar-refractivity contribution in [3.05, 3.63) is 47.0 Å². The average molecular weight is 451 g/mol. The Balaban J connectivity index is 1.99. The van der Waals surface area contributed by atoms with E-state index in [0.717, 1.165) is 0 Å². The highest BCUT2D eigenvalue weighted by Gasteiger charge is 2.32. The summed E-state index contributed by atoms with van der Waals surface area (Å²) < 4.78 is 27.5. The van der Waals surface area contributed by atoms with Gasteiger partial charge in [0.05, 0.1) is 6.20 Å². The molecule has 2 unspecified atom stereocenters. The first-order chi connectivity index (χ1) is 15.7. The molecule has 0 saturated carbocycles. The molecule has 4 rings (SSSR count). The Kier molecular flexibility index (Phi) is 5.69. The summed E-state index contributed by atoms with van der Waals surface area (Å²) in [6, 6.07) is 5.92. The van der Waals surface area contributed by atoms with Crippen LogP contribution in [-0.4, -0.2) is 57.2 Å². The van der Waals surface area contributed by atoms with Crippen molar-refractivity contribution in [2.45, 2.75) is 19.1 Å². The molecule has 3 heterocycles. The Morgan fingerprint density at radius 3 is 2.76 bits per heavy atom. The van der Waals surface area contributed by atoms with Gasteiger partial charge < -0.3 is 20.1 Å². The minimum absolute atomic E-state index is 0.00212. The van der Waals surface area contributed by atoms with Crippen LogP contribution in [0, 0.1) is 17.1 Å². The van der Waals surface area contributed by atoms with Gasteiger partial charge >= 0.3 is 0 Å². The second kappa shape index (κ2) is 8.48. The number of anilines is 1. The van der Waals surface area contributed by atoms with E-state index < -0.39 is 18.0 Å². The van der Waals surface area contributed by atoms with Crippen molar-refractivity contribution in [1.82, 2.24) is 24.6 Å². The number of aryl methyl sites for hydroxylation is 1. The molecular formula is C22H22FN7O3. The SMILES string of the molecule is CC1Oc2nc(cnc2N)-c2c(nn(C)c2C#N)OC(CN(C)C)C(=O)c2ccc(F)cc21. The van der Waals surface area contributed by atoms with E-state index in [1.165, 1.54) is 29.1 Å². The molecule has 0 amide bonds. The van der Waals surface area contributed by atoms with Crippen molar-refractivity contribution in [3.8, 4) is 29.1 Å². The van der Waals surface area contributed by atoms with Crippen molar-refractivity contribution < 1.29 is 18.7 Å². The molecular weight excluding hydrogens is 429 g/mol. The number of likely N-dealkylation sites (N-methyl/N-ethyl adjacent to an activating group) is 1. The number of nitrogens with two attached hydrogens (primary N) is 1. The molecule has 10 nitrogen and oxygen atoms in total. The number of carbonyl (C=O) groups is 1. The van der Waals surface area contributed by atoms with E-state index in [0.29, 0.717) is 5.56 Å². The molecule has 0 aliphatic carbocycles. The maximum absolute atomic E-state index is 14.1. The third-order valence-corrected chi connectivity index (χ3v) is 5.23. The van der Waals surface area contributed by atoms with Gasteiger partial charge in [-0.1, -0.05) is 0 Å². The summed E-state index contributed by atoms with van der Waals surface area (Å²) in [5.41, 5.74) is 7.18. The lowest BCUT2D eigenvalue weighted by molar-refractivity contribution is 0.0728. The molecule has 2 bridgehead atoms. The van der Waals surface area contributed by atoms with E-state index in [1.807, 2.05) is 0 Å². The minimum atomic E-state index is -1.00. The molecule has 11 heteroatoms. The van der Waals surface area contributed by atoms with Crippen LogP contribution in [0.25, 0.3) is 11.3 Å². The van der Waals surface area contributed by atoms with Crippen LogP contribution in [0.5, 0.6) is 11.8 Å². The van der Waals surface area contributed by atoms with E-state index in [9.17, 15) is 14.4 Å². The summed E-state index contributed by atoms with van der Waals surface area (Å²) in [7, 11) is 5.17. The molecule has 0 radical (unpaired) electrons. The molecule has 1 aliphatic heterocycles. The number of rotatable bonds is 2. The fraction of sp³-hybridized carbons (Fsp3) is 0.318. The predicted octanol–water partition coefficient (Wildman–Crippen LogP) is 2.12. The normalized spacial score (nSPS) is 17.7. The molecule has 170 valence electrons. The first kappa shape index (κ1) is 22.2. The Morgan fingerprint density at radius 2 is 2.06 bits per heavy atom. The summed E-state index contributed by atoms with van der Waals surface area (Å²) in [6.07, 6.45) is -0.410. The molecule has 0 fully saturated rings. The maximum atomic E-state index is 14.1. The van der Waals surface area contributed by atoms with E-state index in [2.05, 4.69) is 21.1 Å². The van der Waals surface area contributed by atoms with Crippen LogP contribution in [0.2, 0.25) is 0 Å². The van der Waals surface area contributed by atoms with E-state index in [-0.39, 0.29) is 52.4 Å². The fourth-order valence-electron chi connectivity index (χ4n) is 3.67. The van der Waals surface area contributed by atoms with Gasteiger partial charge in [-0.2, -0.15) is 5.26 Å². The number of hydrogen-bond donors (Lipinski definition) is 1. The van der Waals surface area contributed by atoms with Crippen molar-refractivity contribution in [2.24, 2.45) is 7.05 Å². The Labute approximate surface area is 189 Å². The number of carbonyl (C=O) groups excluding carboxylic acids is 1. The van der Waals surface area contributed by atoms with Crippen LogP contribution < -0.4 is 15.2 Å². The van der Waals surface area contributed by atoms with Crippen LogP contribution in [-0.2, 0) is 7.05 Å². The molecule has 0 saturated heterocycles. The fourth-order valence-corrected chi connectivity index (χ4v) is 3.67. The number of Topliss-reactive ketones (excluding diaryl/α,β-unsaturated/α-hetero) is 1. The molecule has 0 spiro atoms. The standard InChI is InChI=1S/C22H22FN7O3/c1-11-14-7-12(23)5-6-13(14)19(31)17(10-29(2)3)33-21-18(16(8-24)30(4)28-21)15-9-26-20(25)22(27-15)32-11/h5-7,9,11,17H,10H2,1-4H3,(H2,25,26). The molecule has 2 aromatic heterocycles. The zero-order chi connectivity index (χ0) is 23.9. The molecule has 2 atom stereocenters. The summed E-state index contributed by atoms with van der Waals surface area (Å²) in [6.45, 7) is 1.87. The van der Waals surface area contributed by atoms with Crippen LogP contribution in [0.1, 0.15) is 34.6 Å². The van der Waals surface area contributed by atoms with Gasteiger partial charge in [-0.25, -0.2) is 14.4 Å². The highest BCUT2D eigenvalue weighted by molar-refractivity contribution is 6.01. The third kappa shape index (κ3) is 4.08. The highest BCUT2D eigenvalue weighted by Crippen LogP contribution is 2.36. The lowest BCUT2D eigenvalue weighted by Gasteiger charge is -2.24. The Morgan fingerprint density at radius 1 is 1.30 bits per heavy atom. The molecule has 1 aromatic carbocycles. The van der Waals surface area contributed by atoms with Crippen LogP contribution >= 0.6 is 0 Å². The van der Waals surface area contributed by atoms with Gasteiger partial charge in [0, 0.05) is 24.7 Å². The average Bonchev–Trinajstić information content (AvgIpc) is 3.08. The number of hydrogen-bond acceptors (Lipinski definition) is 9. The number of ether oxygens (including phenoxy) is 2. The lowest BCUT2D eigenvalue weighted by Crippen LogP contribution is -2.38. The Bertz CT molecular complexity index is 1280.